The number of nitrogens with two attached hydrogens (primary N) is 1. The molecule has 0 radical (unpaired) electrons. The average Bonchev–Trinajstić information content (AvgIpc) is 2.46. The van der Waals surface area contributed by atoms with Gasteiger partial charge in [0.25, 0.3) is 5.91 Å². The van der Waals surface area contributed by atoms with Crippen molar-refractivity contribution in [1.29, 1.82) is 0 Å². The first-order valence-electron chi connectivity index (χ1n) is 6.15. The standard InChI is InChI=1S/C13H15BrN2O6/c1-3-21-11-8(14)4-7(5-9(11)20-2)12(18)22-6-10(17)16-13(15)19/h4-5H,3,6H2,1-2H3,(H3,15,16,17,19). The molecular weight excluding hydrogens is 360 g/mol. The summed E-state index contributed by atoms with van der Waals surface area (Å²) in [6, 6.07) is 1.87. The largest absolute Gasteiger partial charge is 0.493 e. The van der Waals surface area contributed by atoms with Crippen LogP contribution in [0.3, 0.4) is 0 Å². The maximum atomic E-state index is 11.9. The number of hydrogen-bond donors (Lipinski definition) is 2. The Morgan fingerprint density at radius 3 is 2.55 bits per heavy atom. The van der Waals surface area contributed by atoms with E-state index in [-0.39, 0.29) is 5.56 Å². The molecule has 0 aromatic heterocycles. The molecule has 0 saturated carbocycles. The molecule has 0 fully saturated rings. The number of carbonyl (C=O) groups is 3. The zero-order chi connectivity index (χ0) is 16.7. The number of urea groups is 1. The first-order chi connectivity index (χ1) is 10.4. The molecule has 8 nitrogen and oxygen atoms in total. The van der Waals surface area contributed by atoms with E-state index < -0.39 is 24.5 Å². The fourth-order valence-corrected chi connectivity index (χ4v) is 2.07. The van der Waals surface area contributed by atoms with Crippen LogP contribution in [0.2, 0.25) is 0 Å². The highest BCUT2D eigenvalue weighted by Crippen LogP contribution is 2.36. The van der Waals surface area contributed by atoms with E-state index >= 15 is 0 Å². The van der Waals surface area contributed by atoms with Gasteiger partial charge in [-0.25, -0.2) is 9.59 Å². The number of ether oxygens (including phenoxy) is 3. The average molecular weight is 375 g/mol. The number of halogens is 1. The molecule has 0 spiro atoms. The lowest BCUT2D eigenvalue weighted by Gasteiger charge is -2.13. The van der Waals surface area contributed by atoms with Crippen molar-refractivity contribution in [2.24, 2.45) is 5.73 Å². The van der Waals surface area contributed by atoms with E-state index in [1.165, 1.54) is 19.2 Å². The molecule has 120 valence electrons. The summed E-state index contributed by atoms with van der Waals surface area (Å²) in [7, 11) is 1.43. The maximum Gasteiger partial charge on any atom is 0.338 e. The van der Waals surface area contributed by atoms with Crippen LogP contribution in [0.1, 0.15) is 17.3 Å². The summed E-state index contributed by atoms with van der Waals surface area (Å²) in [5.74, 6) is -0.794. The highest BCUT2D eigenvalue weighted by atomic mass is 79.9. The SMILES string of the molecule is CCOc1c(Br)cc(C(=O)OCC(=O)NC(N)=O)cc1OC. The molecule has 0 bridgehead atoms. The molecule has 0 saturated heterocycles. The number of rotatable bonds is 6. The molecule has 9 heteroatoms. The molecule has 1 rings (SSSR count). The Hall–Kier alpha value is -2.29. The van der Waals surface area contributed by atoms with Crippen molar-refractivity contribution in [3.05, 3.63) is 22.2 Å². The summed E-state index contributed by atoms with van der Waals surface area (Å²) in [5.41, 5.74) is 4.92. The Balaban J connectivity index is 2.83. The normalized spacial score (nSPS) is 9.77. The fourth-order valence-electron chi connectivity index (χ4n) is 1.51. The minimum Gasteiger partial charge on any atom is -0.493 e. The van der Waals surface area contributed by atoms with Crippen LogP contribution in [0.5, 0.6) is 11.5 Å². The number of benzene rings is 1. The van der Waals surface area contributed by atoms with Crippen LogP contribution in [0.15, 0.2) is 16.6 Å². The third-order valence-electron chi connectivity index (χ3n) is 2.35. The van der Waals surface area contributed by atoms with Gasteiger partial charge < -0.3 is 19.9 Å². The first kappa shape index (κ1) is 17.8. The van der Waals surface area contributed by atoms with Gasteiger partial charge in [0.2, 0.25) is 0 Å². The predicted octanol–water partition coefficient (Wildman–Crippen LogP) is 1.21. The molecule has 0 aliphatic rings. The van der Waals surface area contributed by atoms with Crippen LogP contribution in [0.4, 0.5) is 4.79 Å². The van der Waals surface area contributed by atoms with Crippen molar-refractivity contribution < 1.29 is 28.6 Å². The van der Waals surface area contributed by atoms with Gasteiger partial charge in [0.15, 0.2) is 18.1 Å². The molecule has 3 N–H and O–H groups in total. The quantitative estimate of drug-likeness (QED) is 0.722. The van der Waals surface area contributed by atoms with Gasteiger partial charge in [-0.3, -0.25) is 10.1 Å². The van der Waals surface area contributed by atoms with Crippen molar-refractivity contribution >= 4 is 33.8 Å². The molecule has 0 unspecified atom stereocenters. The molecular formula is C13H15BrN2O6. The Morgan fingerprint density at radius 2 is 2.00 bits per heavy atom. The lowest BCUT2D eigenvalue weighted by Crippen LogP contribution is -2.37. The predicted molar refractivity (Wildman–Crippen MR) is 79.9 cm³/mol. The van der Waals surface area contributed by atoms with Gasteiger partial charge in [-0.05, 0) is 35.0 Å². The Kier molecular flexibility index (Phi) is 6.64. The highest BCUT2D eigenvalue weighted by molar-refractivity contribution is 9.10. The Labute approximate surface area is 135 Å². The zero-order valence-electron chi connectivity index (χ0n) is 12.0. The van der Waals surface area contributed by atoms with Gasteiger partial charge >= 0.3 is 12.0 Å². The minimum absolute atomic E-state index is 0.152. The third kappa shape index (κ3) is 4.92. The molecule has 3 amide bonds. The van der Waals surface area contributed by atoms with Crippen molar-refractivity contribution in [3.8, 4) is 11.5 Å². The number of hydrogen-bond acceptors (Lipinski definition) is 6. The van der Waals surface area contributed by atoms with Gasteiger partial charge in [-0.2, -0.15) is 0 Å². The van der Waals surface area contributed by atoms with Crippen LogP contribution in [0, 0.1) is 0 Å². The summed E-state index contributed by atoms with van der Waals surface area (Å²) < 4.78 is 15.8. The van der Waals surface area contributed by atoms with Crippen LogP contribution < -0.4 is 20.5 Å². The second kappa shape index (κ2) is 8.23. The summed E-state index contributed by atoms with van der Waals surface area (Å²) in [4.78, 5) is 33.5. The van der Waals surface area contributed by atoms with Gasteiger partial charge in [0, 0.05) is 0 Å². The Morgan fingerprint density at radius 1 is 1.32 bits per heavy atom. The minimum atomic E-state index is -1.02. The van der Waals surface area contributed by atoms with Gasteiger partial charge in [-0.1, -0.05) is 0 Å². The van der Waals surface area contributed by atoms with E-state index in [0.717, 1.165) is 0 Å². The Bertz CT molecular complexity index is 590. The summed E-state index contributed by atoms with van der Waals surface area (Å²) in [6.45, 7) is 1.60. The number of nitrogens with one attached hydrogen (secondary N) is 1. The van der Waals surface area contributed by atoms with Crippen LogP contribution in [-0.4, -0.2) is 38.2 Å². The molecule has 0 atom stereocenters. The van der Waals surface area contributed by atoms with E-state index in [2.05, 4.69) is 15.9 Å². The van der Waals surface area contributed by atoms with E-state index in [4.69, 9.17) is 19.9 Å². The van der Waals surface area contributed by atoms with Crippen molar-refractivity contribution in [2.75, 3.05) is 20.3 Å². The molecule has 1 aromatic carbocycles. The monoisotopic (exact) mass is 374 g/mol. The zero-order valence-corrected chi connectivity index (χ0v) is 13.6. The second-order valence-electron chi connectivity index (χ2n) is 3.91. The maximum absolute atomic E-state index is 11.9. The van der Waals surface area contributed by atoms with Crippen LogP contribution in [-0.2, 0) is 9.53 Å². The number of primary amides is 1. The summed E-state index contributed by atoms with van der Waals surface area (Å²) >= 11 is 3.27. The van der Waals surface area contributed by atoms with Crippen molar-refractivity contribution in [3.63, 3.8) is 0 Å². The molecule has 0 aliphatic heterocycles. The molecule has 0 aliphatic carbocycles. The van der Waals surface area contributed by atoms with Gasteiger partial charge in [-0.15, -0.1) is 0 Å². The highest BCUT2D eigenvalue weighted by Gasteiger charge is 2.17. The molecule has 0 heterocycles. The first-order valence-corrected chi connectivity index (χ1v) is 6.95. The van der Waals surface area contributed by atoms with E-state index in [0.29, 0.717) is 22.6 Å². The van der Waals surface area contributed by atoms with E-state index in [1.807, 2.05) is 6.92 Å². The summed E-state index contributed by atoms with van der Waals surface area (Å²) in [6.07, 6.45) is 0. The third-order valence-corrected chi connectivity index (χ3v) is 2.94. The van der Waals surface area contributed by atoms with Crippen molar-refractivity contribution in [2.45, 2.75) is 6.92 Å². The number of carbonyl (C=O) groups excluding carboxylic acids is 3. The molecule has 1 aromatic rings. The van der Waals surface area contributed by atoms with Gasteiger partial charge in [0.05, 0.1) is 23.8 Å². The topological polar surface area (TPSA) is 117 Å². The number of esters is 1. The van der Waals surface area contributed by atoms with E-state index in [1.54, 1.807) is 5.32 Å². The van der Waals surface area contributed by atoms with Crippen LogP contribution in [0.25, 0.3) is 0 Å². The second-order valence-corrected chi connectivity index (χ2v) is 4.77. The number of methoxy groups -OCH3 is 1. The summed E-state index contributed by atoms with van der Waals surface area (Å²) in [5, 5.41) is 1.78. The lowest BCUT2D eigenvalue weighted by atomic mass is 10.2. The van der Waals surface area contributed by atoms with E-state index in [9.17, 15) is 14.4 Å². The van der Waals surface area contributed by atoms with Gasteiger partial charge in [0.1, 0.15) is 0 Å². The number of imide groups is 1. The molecule has 22 heavy (non-hydrogen) atoms. The fraction of sp³-hybridized carbons (Fsp3) is 0.308. The smallest absolute Gasteiger partial charge is 0.338 e. The lowest BCUT2D eigenvalue weighted by molar-refractivity contribution is -0.123. The van der Waals surface area contributed by atoms with Crippen molar-refractivity contribution in [1.82, 2.24) is 5.32 Å². The number of amides is 3. The van der Waals surface area contributed by atoms with Crippen LogP contribution >= 0.6 is 15.9 Å².